The number of carbonyl (C=O) groups excluding carboxylic acids is 1. The average Bonchev–Trinajstić information content (AvgIpc) is 3.21. The summed E-state index contributed by atoms with van der Waals surface area (Å²) in [5.74, 6) is 1.26. The maximum Gasteiger partial charge on any atom is 0.344 e. The molecule has 152 valence electrons. The molecule has 0 saturated carbocycles. The number of hydrogen-bond acceptors (Lipinski definition) is 7. The molecule has 0 bridgehead atoms. The van der Waals surface area contributed by atoms with E-state index < -0.39 is 5.97 Å². The zero-order valence-electron chi connectivity index (χ0n) is 16.0. The van der Waals surface area contributed by atoms with Crippen LogP contribution < -0.4 is 14.2 Å². The first-order valence-electron chi connectivity index (χ1n) is 8.89. The second-order valence-corrected chi connectivity index (χ2v) is 7.09. The molecule has 3 aromatic rings. The Morgan fingerprint density at radius 1 is 1.10 bits per heavy atom. The molecule has 0 aliphatic carbocycles. The number of thiazole rings is 1. The van der Waals surface area contributed by atoms with Crippen LogP contribution in [-0.4, -0.2) is 31.3 Å². The van der Waals surface area contributed by atoms with E-state index in [0.29, 0.717) is 34.6 Å². The van der Waals surface area contributed by atoms with Crippen LogP contribution in [0.25, 0.3) is 10.6 Å². The number of para-hydroxylation sites is 1. The van der Waals surface area contributed by atoms with Crippen molar-refractivity contribution in [2.75, 3.05) is 20.3 Å². The van der Waals surface area contributed by atoms with E-state index in [-0.39, 0.29) is 13.2 Å². The van der Waals surface area contributed by atoms with Gasteiger partial charge in [-0.05, 0) is 37.3 Å². The Hall–Kier alpha value is -2.77. The molecule has 0 unspecified atom stereocenters. The first-order chi connectivity index (χ1) is 14.1. The van der Waals surface area contributed by atoms with Crippen molar-refractivity contribution >= 4 is 28.9 Å². The molecule has 0 N–H and O–H groups in total. The highest BCUT2D eigenvalue weighted by molar-refractivity contribution is 7.13. The number of nitrogens with zero attached hydrogens (tertiary/aromatic N) is 1. The van der Waals surface area contributed by atoms with Crippen LogP contribution >= 0.6 is 22.9 Å². The fraction of sp³-hybridized carbons (Fsp3) is 0.238. The quantitative estimate of drug-likeness (QED) is 0.443. The molecule has 6 nitrogen and oxygen atoms in total. The largest absolute Gasteiger partial charge is 0.493 e. The van der Waals surface area contributed by atoms with Crippen LogP contribution in [0.2, 0.25) is 5.02 Å². The summed E-state index contributed by atoms with van der Waals surface area (Å²) in [5, 5.41) is 3.08. The normalized spacial score (nSPS) is 10.4. The van der Waals surface area contributed by atoms with Gasteiger partial charge in [-0.2, -0.15) is 0 Å². The molecular weight excluding hydrogens is 414 g/mol. The summed E-state index contributed by atoms with van der Waals surface area (Å²) in [4.78, 5) is 16.4. The zero-order chi connectivity index (χ0) is 20.6. The average molecular weight is 434 g/mol. The van der Waals surface area contributed by atoms with Crippen LogP contribution in [0.1, 0.15) is 12.6 Å². The van der Waals surface area contributed by atoms with Gasteiger partial charge in [-0.3, -0.25) is 0 Å². The Kier molecular flexibility index (Phi) is 7.32. The van der Waals surface area contributed by atoms with Crippen LogP contribution in [0.3, 0.4) is 0 Å². The predicted octanol–water partition coefficient (Wildman–Crippen LogP) is 4.99. The number of carbonyl (C=O) groups is 1. The van der Waals surface area contributed by atoms with Crippen molar-refractivity contribution in [3.05, 3.63) is 58.6 Å². The smallest absolute Gasteiger partial charge is 0.344 e. The summed E-state index contributed by atoms with van der Waals surface area (Å²) < 4.78 is 21.5. The third-order valence-corrected chi connectivity index (χ3v) is 5.08. The lowest BCUT2D eigenvalue weighted by Crippen LogP contribution is -2.15. The fourth-order valence-electron chi connectivity index (χ4n) is 2.48. The number of methoxy groups -OCH3 is 1. The molecule has 0 saturated heterocycles. The molecule has 1 aromatic heterocycles. The summed E-state index contributed by atoms with van der Waals surface area (Å²) in [5.41, 5.74) is 1.55. The van der Waals surface area contributed by atoms with Crippen LogP contribution in [-0.2, 0) is 16.1 Å². The number of benzene rings is 2. The number of rotatable bonds is 9. The minimum Gasteiger partial charge on any atom is -0.493 e. The second kappa shape index (κ2) is 10.1. The zero-order valence-corrected chi connectivity index (χ0v) is 17.6. The molecule has 2 aromatic carbocycles. The lowest BCUT2D eigenvalue weighted by atomic mass is 10.2. The highest BCUT2D eigenvalue weighted by atomic mass is 35.5. The minimum absolute atomic E-state index is 0.0649. The van der Waals surface area contributed by atoms with Crippen molar-refractivity contribution in [3.63, 3.8) is 0 Å². The summed E-state index contributed by atoms with van der Waals surface area (Å²) in [6.45, 7) is 2.32. The maximum absolute atomic E-state index is 11.9. The van der Waals surface area contributed by atoms with Gasteiger partial charge in [0.15, 0.2) is 18.1 Å². The van der Waals surface area contributed by atoms with Gasteiger partial charge in [0.05, 0.1) is 24.4 Å². The summed E-state index contributed by atoms with van der Waals surface area (Å²) in [6.07, 6.45) is 0. The molecule has 0 aliphatic rings. The molecule has 0 amide bonds. The maximum atomic E-state index is 11.9. The Labute approximate surface area is 178 Å². The van der Waals surface area contributed by atoms with E-state index >= 15 is 0 Å². The van der Waals surface area contributed by atoms with Gasteiger partial charge in [0.25, 0.3) is 0 Å². The first kappa shape index (κ1) is 21.0. The van der Waals surface area contributed by atoms with Crippen molar-refractivity contribution in [2.24, 2.45) is 0 Å². The third kappa shape index (κ3) is 5.62. The summed E-state index contributed by atoms with van der Waals surface area (Å²) >= 11 is 7.45. The van der Waals surface area contributed by atoms with E-state index in [9.17, 15) is 4.79 Å². The Morgan fingerprint density at radius 2 is 1.93 bits per heavy atom. The third-order valence-electron chi connectivity index (χ3n) is 3.83. The monoisotopic (exact) mass is 433 g/mol. The molecule has 1 heterocycles. The lowest BCUT2D eigenvalue weighted by molar-refractivity contribution is -0.147. The van der Waals surface area contributed by atoms with Crippen molar-refractivity contribution in [2.45, 2.75) is 13.5 Å². The van der Waals surface area contributed by atoms with Crippen LogP contribution in [0, 0.1) is 0 Å². The lowest BCUT2D eigenvalue weighted by Gasteiger charge is -2.10. The van der Waals surface area contributed by atoms with Crippen molar-refractivity contribution < 1.29 is 23.7 Å². The Morgan fingerprint density at radius 3 is 2.69 bits per heavy atom. The van der Waals surface area contributed by atoms with Gasteiger partial charge in [0, 0.05) is 10.9 Å². The molecule has 29 heavy (non-hydrogen) atoms. The molecule has 8 heteroatoms. The number of hydrogen-bond donors (Lipinski definition) is 0. The Bertz CT molecular complexity index is 975. The first-order valence-corrected chi connectivity index (χ1v) is 10.1. The number of ether oxygens (including phenoxy) is 4. The summed E-state index contributed by atoms with van der Waals surface area (Å²) in [7, 11) is 1.60. The van der Waals surface area contributed by atoms with E-state index in [1.54, 1.807) is 31.4 Å². The van der Waals surface area contributed by atoms with E-state index in [2.05, 4.69) is 4.98 Å². The van der Waals surface area contributed by atoms with Gasteiger partial charge in [-0.15, -0.1) is 11.3 Å². The Balaban J connectivity index is 1.56. The molecule has 3 rings (SSSR count). The van der Waals surface area contributed by atoms with Crippen LogP contribution in [0.5, 0.6) is 17.2 Å². The van der Waals surface area contributed by atoms with Gasteiger partial charge in [0.1, 0.15) is 17.4 Å². The predicted molar refractivity (Wildman–Crippen MR) is 112 cm³/mol. The van der Waals surface area contributed by atoms with E-state index in [1.165, 1.54) is 11.3 Å². The number of halogens is 1. The summed E-state index contributed by atoms with van der Waals surface area (Å²) in [6, 6.07) is 12.6. The molecule has 0 fully saturated rings. The number of esters is 1. The van der Waals surface area contributed by atoms with E-state index in [0.717, 1.165) is 10.6 Å². The fourth-order valence-corrected chi connectivity index (χ4v) is 3.47. The van der Waals surface area contributed by atoms with Gasteiger partial charge in [-0.25, -0.2) is 9.78 Å². The molecule has 0 spiro atoms. The van der Waals surface area contributed by atoms with Crippen LogP contribution in [0.4, 0.5) is 0 Å². The standard InChI is InChI=1S/C21H20ClNO5S/c1-3-26-18-9-8-14(10-19(18)25-2)21-23-15(13-29-21)11-28-20(24)12-27-17-7-5-4-6-16(17)22/h4-10,13H,3,11-12H2,1-2H3. The highest BCUT2D eigenvalue weighted by Crippen LogP contribution is 2.34. The van der Waals surface area contributed by atoms with E-state index in [1.807, 2.05) is 30.5 Å². The molecule has 0 atom stereocenters. The molecular formula is C21H20ClNO5S. The molecule has 0 aliphatic heterocycles. The van der Waals surface area contributed by atoms with Crippen LogP contribution in [0.15, 0.2) is 47.8 Å². The number of aromatic nitrogens is 1. The van der Waals surface area contributed by atoms with Gasteiger partial charge in [0.2, 0.25) is 0 Å². The molecule has 0 radical (unpaired) electrons. The van der Waals surface area contributed by atoms with Crippen molar-refractivity contribution in [1.82, 2.24) is 4.98 Å². The highest BCUT2D eigenvalue weighted by Gasteiger charge is 2.12. The van der Waals surface area contributed by atoms with Gasteiger partial charge >= 0.3 is 5.97 Å². The van der Waals surface area contributed by atoms with Crippen molar-refractivity contribution in [1.29, 1.82) is 0 Å². The van der Waals surface area contributed by atoms with Gasteiger partial charge in [-0.1, -0.05) is 23.7 Å². The SMILES string of the molecule is CCOc1ccc(-c2nc(COC(=O)COc3ccccc3Cl)cs2)cc1OC. The van der Waals surface area contributed by atoms with Gasteiger partial charge < -0.3 is 18.9 Å². The topological polar surface area (TPSA) is 66.9 Å². The minimum atomic E-state index is -0.498. The van der Waals surface area contributed by atoms with E-state index in [4.69, 9.17) is 30.5 Å². The second-order valence-electron chi connectivity index (χ2n) is 5.82. The van der Waals surface area contributed by atoms with Crippen molar-refractivity contribution in [3.8, 4) is 27.8 Å².